The van der Waals surface area contributed by atoms with Crippen LogP contribution in [0.2, 0.25) is 0 Å². The van der Waals surface area contributed by atoms with Crippen LogP contribution in [0.5, 0.6) is 0 Å². The number of para-hydroxylation sites is 1. The summed E-state index contributed by atoms with van der Waals surface area (Å²) in [6, 6.07) is 14.0. The van der Waals surface area contributed by atoms with E-state index in [1.54, 1.807) is 48.0 Å². The number of ether oxygens (including phenoxy) is 1. The van der Waals surface area contributed by atoms with Crippen molar-refractivity contribution in [2.24, 2.45) is 0 Å². The normalized spacial score (nSPS) is 11.0. The predicted molar refractivity (Wildman–Crippen MR) is 132 cm³/mol. The first-order valence-electron chi connectivity index (χ1n) is 11.6. The fourth-order valence-corrected chi connectivity index (χ4v) is 4.25. The zero-order valence-electron chi connectivity index (χ0n) is 19.7. The fraction of sp³-hybridized carbons (Fsp3) is 0.259. The first-order chi connectivity index (χ1) is 17.0. The average Bonchev–Trinajstić information content (AvgIpc) is 3.43. The highest BCUT2D eigenvalue weighted by atomic mass is 16.5. The minimum Gasteiger partial charge on any atom is -0.477 e. The maximum absolute atomic E-state index is 12.6. The molecule has 0 aliphatic rings. The van der Waals surface area contributed by atoms with Crippen LogP contribution in [0, 0.1) is 0 Å². The van der Waals surface area contributed by atoms with Gasteiger partial charge in [0, 0.05) is 18.4 Å². The van der Waals surface area contributed by atoms with E-state index in [0.29, 0.717) is 28.8 Å². The van der Waals surface area contributed by atoms with Crippen LogP contribution in [0.4, 0.5) is 0 Å². The Balaban J connectivity index is 1.80. The van der Waals surface area contributed by atoms with Gasteiger partial charge in [0.15, 0.2) is 6.29 Å². The number of unbranched alkanes of at least 4 members (excludes halogenated alkanes) is 1. The van der Waals surface area contributed by atoms with Gasteiger partial charge in [-0.3, -0.25) is 4.79 Å². The van der Waals surface area contributed by atoms with Gasteiger partial charge in [-0.15, -0.1) is 0 Å². The number of aromatic carboxylic acids is 1. The molecular weight excluding hydrogens is 446 g/mol. The van der Waals surface area contributed by atoms with Crippen molar-refractivity contribution >= 4 is 29.1 Å². The van der Waals surface area contributed by atoms with Crippen molar-refractivity contribution in [1.29, 1.82) is 0 Å². The number of hydrogen-bond acceptors (Lipinski definition) is 5. The molecule has 0 saturated carbocycles. The quantitative estimate of drug-likeness (QED) is 0.259. The molecule has 8 nitrogen and oxygen atoms in total. The lowest BCUT2D eigenvalue weighted by atomic mass is 10.1. The molecule has 0 fully saturated rings. The van der Waals surface area contributed by atoms with Crippen molar-refractivity contribution in [3.63, 3.8) is 0 Å². The molecule has 0 atom stereocenters. The van der Waals surface area contributed by atoms with Gasteiger partial charge in [0.25, 0.3) is 0 Å². The first-order valence-corrected chi connectivity index (χ1v) is 11.6. The number of imidazole rings is 1. The number of carboxylic acids is 1. The van der Waals surface area contributed by atoms with E-state index in [-0.39, 0.29) is 17.9 Å². The maximum atomic E-state index is 12.6. The van der Waals surface area contributed by atoms with Crippen LogP contribution < -0.4 is 0 Å². The summed E-state index contributed by atoms with van der Waals surface area (Å²) in [5.74, 6) is -0.777. The second-order valence-corrected chi connectivity index (χ2v) is 8.21. The molecule has 8 heteroatoms. The van der Waals surface area contributed by atoms with Crippen molar-refractivity contribution in [3.8, 4) is 5.69 Å². The summed E-state index contributed by atoms with van der Waals surface area (Å²) >= 11 is 0. The Kier molecular flexibility index (Phi) is 7.10. The van der Waals surface area contributed by atoms with E-state index in [0.717, 1.165) is 36.9 Å². The topological polar surface area (TPSA) is 103 Å². The lowest BCUT2D eigenvalue weighted by Crippen LogP contribution is -2.13. The average molecular weight is 474 g/mol. The van der Waals surface area contributed by atoms with Gasteiger partial charge in [-0.2, -0.15) is 0 Å². The molecule has 4 rings (SSSR count). The van der Waals surface area contributed by atoms with Gasteiger partial charge in [-0.05, 0) is 49.2 Å². The van der Waals surface area contributed by atoms with Crippen LogP contribution in [0.25, 0.3) is 16.6 Å². The molecule has 35 heavy (non-hydrogen) atoms. The number of rotatable bonds is 10. The molecular formula is C27H27N3O5. The second kappa shape index (κ2) is 10.4. The number of hydrogen-bond donors (Lipinski definition) is 1. The van der Waals surface area contributed by atoms with Crippen LogP contribution in [0.15, 0.2) is 54.7 Å². The smallest absolute Gasteiger partial charge is 0.352 e. The first kappa shape index (κ1) is 23.9. The molecule has 0 amide bonds. The van der Waals surface area contributed by atoms with Gasteiger partial charge in [-0.25, -0.2) is 14.6 Å². The van der Waals surface area contributed by atoms with Crippen molar-refractivity contribution in [1.82, 2.24) is 14.1 Å². The van der Waals surface area contributed by atoms with Crippen LogP contribution in [-0.4, -0.2) is 44.1 Å². The van der Waals surface area contributed by atoms with E-state index < -0.39 is 11.9 Å². The summed E-state index contributed by atoms with van der Waals surface area (Å²) in [4.78, 5) is 40.7. The Hall–Kier alpha value is -4.20. The highest BCUT2D eigenvalue weighted by Crippen LogP contribution is 2.28. The molecule has 2 heterocycles. The summed E-state index contributed by atoms with van der Waals surface area (Å²) in [6.45, 7) is 4.48. The van der Waals surface area contributed by atoms with Crippen LogP contribution in [0.3, 0.4) is 0 Å². The lowest BCUT2D eigenvalue weighted by Gasteiger charge is -2.14. The molecule has 0 radical (unpaired) electrons. The molecule has 0 aliphatic carbocycles. The summed E-state index contributed by atoms with van der Waals surface area (Å²) in [5, 5.41) is 10.6. The second-order valence-electron chi connectivity index (χ2n) is 8.21. The fourth-order valence-electron chi connectivity index (χ4n) is 4.25. The third-order valence-corrected chi connectivity index (χ3v) is 5.91. The molecule has 180 valence electrons. The summed E-state index contributed by atoms with van der Waals surface area (Å²) in [6.07, 6.45) is 5.15. The number of aryl methyl sites for hydroxylation is 1. The highest BCUT2D eigenvalue weighted by molar-refractivity contribution is 5.99. The van der Waals surface area contributed by atoms with Crippen LogP contribution in [-0.2, 0) is 17.7 Å². The number of nitrogens with zero attached hydrogens (tertiary/aromatic N) is 3. The molecule has 2 aromatic heterocycles. The monoisotopic (exact) mass is 473 g/mol. The molecule has 1 N–H and O–H groups in total. The Labute approximate surface area is 202 Å². The minimum absolute atomic E-state index is 0.0359. The number of aromatic nitrogens is 3. The van der Waals surface area contributed by atoms with E-state index in [9.17, 15) is 19.5 Å². The van der Waals surface area contributed by atoms with Crippen molar-refractivity contribution < 1.29 is 24.2 Å². The summed E-state index contributed by atoms with van der Waals surface area (Å²) in [7, 11) is 0. The minimum atomic E-state index is -1.11. The Bertz CT molecular complexity index is 1400. The zero-order valence-corrected chi connectivity index (χ0v) is 19.7. The van der Waals surface area contributed by atoms with E-state index >= 15 is 0 Å². The number of carboxylic acid groups (broad SMARTS) is 1. The molecule has 0 aliphatic heterocycles. The van der Waals surface area contributed by atoms with Gasteiger partial charge in [-0.1, -0.05) is 31.5 Å². The lowest BCUT2D eigenvalue weighted by molar-refractivity contribution is 0.0525. The number of esters is 1. The standard InChI is InChI=1S/C27H27N3O5/c1-3-5-10-25-28-15-20(17-31)29(25)16-18-11-12-22-19(13-18)14-24(26(32)33)30(22)23-9-7-6-8-21(23)27(34)35-4-2/h6-9,11-15,17H,3-5,10,16H2,1-2H3,(H,32,33). The molecule has 4 aromatic rings. The van der Waals surface area contributed by atoms with Gasteiger partial charge < -0.3 is 19.0 Å². The molecule has 2 aromatic carbocycles. The summed E-state index contributed by atoms with van der Waals surface area (Å²) < 4.78 is 8.64. The zero-order chi connectivity index (χ0) is 24.9. The highest BCUT2D eigenvalue weighted by Gasteiger charge is 2.21. The Morgan fingerprint density at radius 3 is 2.63 bits per heavy atom. The van der Waals surface area contributed by atoms with Gasteiger partial charge in [0.05, 0.1) is 29.6 Å². The Morgan fingerprint density at radius 2 is 1.91 bits per heavy atom. The third-order valence-electron chi connectivity index (χ3n) is 5.91. The van der Waals surface area contributed by atoms with E-state index in [1.807, 2.05) is 22.8 Å². The number of carbonyl (C=O) groups excluding carboxylic acids is 2. The number of aldehydes is 1. The molecule has 0 unspecified atom stereocenters. The van der Waals surface area contributed by atoms with Crippen molar-refractivity contribution in [3.05, 3.63) is 83.1 Å². The summed E-state index contributed by atoms with van der Waals surface area (Å²) in [5.41, 5.74) is 2.82. The third kappa shape index (κ3) is 4.73. The SMILES string of the molecule is CCCCc1ncc(C=O)n1Cc1ccc2c(c1)cc(C(=O)O)n2-c1ccccc1C(=O)OCC. The molecule has 0 bridgehead atoms. The largest absolute Gasteiger partial charge is 0.477 e. The van der Waals surface area contributed by atoms with Crippen molar-refractivity contribution in [2.45, 2.75) is 39.7 Å². The van der Waals surface area contributed by atoms with E-state index in [2.05, 4.69) is 11.9 Å². The van der Waals surface area contributed by atoms with Crippen LogP contribution in [0.1, 0.15) is 69.4 Å². The van der Waals surface area contributed by atoms with Gasteiger partial charge in [0.2, 0.25) is 0 Å². The van der Waals surface area contributed by atoms with Gasteiger partial charge >= 0.3 is 11.9 Å². The van der Waals surface area contributed by atoms with E-state index in [1.165, 1.54) is 0 Å². The molecule has 0 saturated heterocycles. The van der Waals surface area contributed by atoms with E-state index in [4.69, 9.17) is 4.74 Å². The number of fused-ring (bicyclic) bond motifs is 1. The van der Waals surface area contributed by atoms with Crippen LogP contribution >= 0.6 is 0 Å². The Morgan fingerprint density at radius 1 is 1.11 bits per heavy atom. The van der Waals surface area contributed by atoms with Crippen molar-refractivity contribution in [2.75, 3.05) is 6.61 Å². The number of carbonyl (C=O) groups is 3. The predicted octanol–water partition coefficient (Wildman–Crippen LogP) is 4.91. The number of benzene rings is 2. The van der Waals surface area contributed by atoms with Gasteiger partial charge in [0.1, 0.15) is 17.2 Å². The maximum Gasteiger partial charge on any atom is 0.352 e. The molecule has 0 spiro atoms.